The molecule has 0 spiro atoms. The Balaban J connectivity index is 2.76. The van der Waals surface area contributed by atoms with Crippen molar-refractivity contribution in [1.82, 2.24) is 15.1 Å². The Hall–Kier alpha value is -0.870. The number of hydrogen-bond acceptors (Lipinski definition) is 3. The Morgan fingerprint density at radius 3 is 2.56 bits per heavy atom. The summed E-state index contributed by atoms with van der Waals surface area (Å²) in [5.41, 5.74) is 3.71. The molecule has 0 amide bonds. The Bertz CT molecular complexity index is 327. The van der Waals surface area contributed by atoms with Gasteiger partial charge in [-0.05, 0) is 32.4 Å². The molecular formula is C12H23N3O. The first kappa shape index (κ1) is 13.2. The minimum Gasteiger partial charge on any atom is -0.383 e. The van der Waals surface area contributed by atoms with Gasteiger partial charge in [-0.15, -0.1) is 0 Å². The van der Waals surface area contributed by atoms with Gasteiger partial charge in [-0.25, -0.2) is 0 Å². The summed E-state index contributed by atoms with van der Waals surface area (Å²) in [5.74, 6) is 0. The summed E-state index contributed by atoms with van der Waals surface area (Å²) in [7, 11) is 3.73. The van der Waals surface area contributed by atoms with Crippen LogP contribution in [-0.4, -0.2) is 36.1 Å². The Kier molecular flexibility index (Phi) is 4.96. The average Bonchev–Trinajstić information content (AvgIpc) is 2.46. The van der Waals surface area contributed by atoms with Crippen LogP contribution in [0.1, 0.15) is 23.9 Å². The highest BCUT2D eigenvalue weighted by molar-refractivity contribution is 5.25. The van der Waals surface area contributed by atoms with Gasteiger partial charge in [0.15, 0.2) is 0 Å². The summed E-state index contributed by atoms with van der Waals surface area (Å²) in [5, 5.41) is 7.87. The lowest BCUT2D eigenvalue weighted by Crippen LogP contribution is -2.35. The fraction of sp³-hybridized carbons (Fsp3) is 0.750. The van der Waals surface area contributed by atoms with E-state index >= 15 is 0 Å². The van der Waals surface area contributed by atoms with Crippen LogP contribution in [0.3, 0.4) is 0 Å². The molecule has 1 aromatic heterocycles. The van der Waals surface area contributed by atoms with E-state index in [1.54, 1.807) is 7.11 Å². The van der Waals surface area contributed by atoms with Crippen LogP contribution in [0.2, 0.25) is 0 Å². The highest BCUT2D eigenvalue weighted by atomic mass is 16.5. The molecule has 1 N–H and O–H groups in total. The van der Waals surface area contributed by atoms with E-state index < -0.39 is 0 Å². The predicted molar refractivity (Wildman–Crippen MR) is 65.7 cm³/mol. The van der Waals surface area contributed by atoms with Gasteiger partial charge in [0.2, 0.25) is 0 Å². The number of aromatic nitrogens is 2. The molecule has 4 nitrogen and oxygen atoms in total. The van der Waals surface area contributed by atoms with Crippen LogP contribution in [0, 0.1) is 13.8 Å². The number of methoxy groups -OCH3 is 1. The van der Waals surface area contributed by atoms with Crippen molar-refractivity contribution in [2.75, 3.05) is 20.3 Å². The van der Waals surface area contributed by atoms with Gasteiger partial charge in [-0.3, -0.25) is 4.68 Å². The maximum atomic E-state index is 5.23. The quantitative estimate of drug-likeness (QED) is 0.791. The third kappa shape index (κ3) is 3.06. The third-order valence-electron chi connectivity index (χ3n) is 2.97. The molecule has 92 valence electrons. The summed E-state index contributed by atoms with van der Waals surface area (Å²) in [6.45, 7) is 8.00. The number of likely N-dealkylation sites (N-methyl/N-ethyl adjacent to an activating group) is 1. The predicted octanol–water partition coefficient (Wildman–Crippen LogP) is 1.20. The molecule has 0 aliphatic heterocycles. The van der Waals surface area contributed by atoms with Gasteiger partial charge in [-0.2, -0.15) is 5.10 Å². The molecule has 1 heterocycles. The van der Waals surface area contributed by atoms with Gasteiger partial charge in [0.05, 0.1) is 12.3 Å². The second-order valence-electron chi connectivity index (χ2n) is 4.19. The zero-order chi connectivity index (χ0) is 12.1. The van der Waals surface area contributed by atoms with E-state index in [0.717, 1.165) is 25.3 Å². The summed E-state index contributed by atoms with van der Waals surface area (Å²) in [6.07, 6.45) is 0.979. The molecule has 1 rings (SSSR count). The average molecular weight is 225 g/mol. The van der Waals surface area contributed by atoms with Gasteiger partial charge < -0.3 is 10.1 Å². The maximum Gasteiger partial charge on any atom is 0.0628 e. The number of nitrogens with one attached hydrogen (secondary N) is 1. The number of rotatable bonds is 6. The van der Waals surface area contributed by atoms with Crippen molar-refractivity contribution in [1.29, 1.82) is 0 Å². The first-order valence-electron chi connectivity index (χ1n) is 5.81. The molecule has 1 unspecified atom stereocenters. The molecule has 4 heteroatoms. The molecule has 0 aromatic carbocycles. The largest absolute Gasteiger partial charge is 0.383 e. The summed E-state index contributed by atoms with van der Waals surface area (Å²) < 4.78 is 7.17. The fourth-order valence-electron chi connectivity index (χ4n) is 2.04. The van der Waals surface area contributed by atoms with E-state index in [1.165, 1.54) is 11.3 Å². The molecule has 0 fully saturated rings. The Morgan fingerprint density at radius 2 is 2.12 bits per heavy atom. The highest BCUT2D eigenvalue weighted by Crippen LogP contribution is 2.14. The van der Waals surface area contributed by atoms with Crippen LogP contribution in [-0.2, 0) is 18.2 Å². The van der Waals surface area contributed by atoms with Crippen molar-refractivity contribution >= 4 is 0 Å². The smallest absolute Gasteiger partial charge is 0.0628 e. The second kappa shape index (κ2) is 6.01. The summed E-state index contributed by atoms with van der Waals surface area (Å²) >= 11 is 0. The first-order valence-corrected chi connectivity index (χ1v) is 5.81. The molecule has 0 aliphatic carbocycles. The Labute approximate surface area is 98.0 Å². The zero-order valence-electron chi connectivity index (χ0n) is 11.0. The van der Waals surface area contributed by atoms with Gasteiger partial charge in [-0.1, -0.05) is 6.92 Å². The van der Waals surface area contributed by atoms with Gasteiger partial charge in [0.1, 0.15) is 0 Å². The lowest BCUT2D eigenvalue weighted by Gasteiger charge is -2.17. The SMILES string of the molecule is CCNC(COC)Cc1c(C)nn(C)c1C. The van der Waals surface area contributed by atoms with E-state index in [-0.39, 0.29) is 0 Å². The molecule has 0 aliphatic rings. The molecule has 1 atom stereocenters. The molecule has 1 aromatic rings. The topological polar surface area (TPSA) is 39.1 Å². The summed E-state index contributed by atoms with van der Waals surface area (Å²) in [4.78, 5) is 0. The van der Waals surface area contributed by atoms with Crippen molar-refractivity contribution < 1.29 is 4.74 Å². The third-order valence-corrected chi connectivity index (χ3v) is 2.97. The number of hydrogen-bond donors (Lipinski definition) is 1. The van der Waals surface area contributed by atoms with Gasteiger partial charge in [0, 0.05) is 25.9 Å². The second-order valence-corrected chi connectivity index (χ2v) is 4.19. The standard InChI is InChI=1S/C12H23N3O/c1-6-13-11(8-16-5)7-12-9(2)14-15(4)10(12)3/h11,13H,6-8H2,1-5H3. The zero-order valence-corrected chi connectivity index (χ0v) is 11.0. The molecule has 0 bridgehead atoms. The normalized spacial score (nSPS) is 13.1. The van der Waals surface area contributed by atoms with Crippen LogP contribution < -0.4 is 5.32 Å². The first-order chi connectivity index (χ1) is 7.60. The van der Waals surface area contributed by atoms with Crippen LogP contribution in [0.25, 0.3) is 0 Å². The van der Waals surface area contributed by atoms with Crippen molar-refractivity contribution in [3.05, 3.63) is 17.0 Å². The van der Waals surface area contributed by atoms with E-state index in [1.807, 2.05) is 11.7 Å². The van der Waals surface area contributed by atoms with Crippen LogP contribution in [0.15, 0.2) is 0 Å². The highest BCUT2D eigenvalue weighted by Gasteiger charge is 2.15. The van der Waals surface area contributed by atoms with E-state index in [0.29, 0.717) is 6.04 Å². The Morgan fingerprint density at radius 1 is 1.44 bits per heavy atom. The minimum absolute atomic E-state index is 0.372. The van der Waals surface area contributed by atoms with Crippen molar-refractivity contribution in [3.63, 3.8) is 0 Å². The van der Waals surface area contributed by atoms with E-state index in [9.17, 15) is 0 Å². The molecule has 0 saturated heterocycles. The summed E-state index contributed by atoms with van der Waals surface area (Å²) in [6, 6.07) is 0.372. The van der Waals surface area contributed by atoms with E-state index in [4.69, 9.17) is 4.74 Å². The minimum atomic E-state index is 0.372. The monoisotopic (exact) mass is 225 g/mol. The number of nitrogens with zero attached hydrogens (tertiary/aromatic N) is 2. The molecular weight excluding hydrogens is 202 g/mol. The molecule has 0 saturated carbocycles. The maximum absolute atomic E-state index is 5.23. The van der Waals surface area contributed by atoms with Crippen molar-refractivity contribution in [2.24, 2.45) is 7.05 Å². The lowest BCUT2D eigenvalue weighted by atomic mass is 10.0. The van der Waals surface area contributed by atoms with Gasteiger partial charge in [0.25, 0.3) is 0 Å². The van der Waals surface area contributed by atoms with E-state index in [2.05, 4.69) is 31.2 Å². The lowest BCUT2D eigenvalue weighted by molar-refractivity contribution is 0.167. The number of ether oxygens (including phenoxy) is 1. The van der Waals surface area contributed by atoms with Crippen molar-refractivity contribution in [2.45, 2.75) is 33.2 Å². The number of aryl methyl sites for hydroxylation is 2. The van der Waals surface area contributed by atoms with Crippen molar-refractivity contribution in [3.8, 4) is 0 Å². The van der Waals surface area contributed by atoms with Gasteiger partial charge >= 0.3 is 0 Å². The van der Waals surface area contributed by atoms with Crippen LogP contribution >= 0.6 is 0 Å². The van der Waals surface area contributed by atoms with Crippen LogP contribution in [0.4, 0.5) is 0 Å². The van der Waals surface area contributed by atoms with Crippen LogP contribution in [0.5, 0.6) is 0 Å². The fourth-order valence-corrected chi connectivity index (χ4v) is 2.04. The molecule has 0 radical (unpaired) electrons. The molecule has 16 heavy (non-hydrogen) atoms.